The van der Waals surface area contributed by atoms with E-state index in [1.165, 1.54) is 0 Å². The van der Waals surface area contributed by atoms with Crippen molar-refractivity contribution in [3.8, 4) is 0 Å². The maximum atomic E-state index is 4.81. The Hall–Kier alpha value is -1.43. The van der Waals surface area contributed by atoms with E-state index in [0.717, 1.165) is 15.7 Å². The van der Waals surface area contributed by atoms with Gasteiger partial charge in [-0.2, -0.15) is 0 Å². The molecule has 0 saturated carbocycles. The topological polar surface area (TPSA) is 63.8 Å². The van der Waals surface area contributed by atoms with E-state index in [1.54, 1.807) is 18.7 Å². The monoisotopic (exact) mass is 268 g/mol. The zero-order valence-electron chi connectivity index (χ0n) is 8.07. The van der Waals surface area contributed by atoms with Crippen molar-refractivity contribution in [2.24, 2.45) is 0 Å². The lowest BCUT2D eigenvalue weighted by atomic mass is 10.3. The molecule has 0 aliphatic rings. The summed E-state index contributed by atoms with van der Waals surface area (Å²) >= 11 is 3.27. The van der Waals surface area contributed by atoms with Crippen LogP contribution < -0.4 is 5.32 Å². The molecular weight excluding hydrogens is 260 g/mol. The number of aryl methyl sites for hydroxylation is 1. The van der Waals surface area contributed by atoms with Crippen LogP contribution in [0.1, 0.15) is 11.3 Å². The summed E-state index contributed by atoms with van der Waals surface area (Å²) in [7, 11) is 0. The summed E-state index contributed by atoms with van der Waals surface area (Å²) in [6.07, 6.45) is 4.99. The highest BCUT2D eigenvalue weighted by Gasteiger charge is 2.02. The summed E-state index contributed by atoms with van der Waals surface area (Å²) in [4.78, 5) is 8.17. The van der Waals surface area contributed by atoms with Crippen LogP contribution in [0, 0.1) is 6.92 Å². The summed E-state index contributed by atoms with van der Waals surface area (Å²) in [5.74, 6) is 0.582. The fourth-order valence-electron chi connectivity index (χ4n) is 1.06. The highest BCUT2D eigenvalue weighted by atomic mass is 79.9. The van der Waals surface area contributed by atoms with Gasteiger partial charge in [-0.3, -0.25) is 0 Å². The lowest BCUT2D eigenvalue weighted by Gasteiger charge is -2.02. The van der Waals surface area contributed by atoms with Gasteiger partial charge in [0.15, 0.2) is 0 Å². The molecule has 0 aliphatic carbocycles. The van der Waals surface area contributed by atoms with Crippen LogP contribution >= 0.6 is 15.9 Å². The molecule has 0 bridgehead atoms. The Balaban J connectivity index is 1.99. The molecular formula is C9H9BrN4O. The maximum absolute atomic E-state index is 4.81. The Morgan fingerprint density at radius 2 is 2.13 bits per heavy atom. The van der Waals surface area contributed by atoms with Crippen molar-refractivity contribution in [3.63, 3.8) is 0 Å². The van der Waals surface area contributed by atoms with Crippen LogP contribution in [-0.4, -0.2) is 15.1 Å². The van der Waals surface area contributed by atoms with E-state index >= 15 is 0 Å². The summed E-state index contributed by atoms with van der Waals surface area (Å²) in [5, 5.41) is 6.85. The molecule has 2 aromatic rings. The number of halogens is 1. The third-order valence-electron chi connectivity index (χ3n) is 1.91. The van der Waals surface area contributed by atoms with Crippen molar-refractivity contribution >= 4 is 21.9 Å². The normalized spacial score (nSPS) is 10.3. The van der Waals surface area contributed by atoms with Crippen LogP contribution in [0.25, 0.3) is 0 Å². The molecule has 2 aromatic heterocycles. The molecule has 2 rings (SSSR count). The van der Waals surface area contributed by atoms with Crippen molar-refractivity contribution in [1.29, 1.82) is 0 Å². The standard InChI is InChI=1S/C9H9BrN4O/c1-6-7(5-15-14-6)2-11-9-12-3-8(10)4-13-9/h3-5H,2H2,1H3,(H,11,12,13). The molecule has 15 heavy (non-hydrogen) atoms. The van der Waals surface area contributed by atoms with E-state index < -0.39 is 0 Å². The van der Waals surface area contributed by atoms with E-state index in [-0.39, 0.29) is 0 Å². The first-order valence-electron chi connectivity index (χ1n) is 4.37. The number of anilines is 1. The predicted molar refractivity (Wildman–Crippen MR) is 58.3 cm³/mol. The second-order valence-electron chi connectivity index (χ2n) is 3.00. The fourth-order valence-corrected chi connectivity index (χ4v) is 1.27. The quantitative estimate of drug-likeness (QED) is 0.924. The molecule has 6 heteroatoms. The highest BCUT2D eigenvalue weighted by Crippen LogP contribution is 2.09. The smallest absolute Gasteiger partial charge is 0.222 e. The Labute approximate surface area is 95.0 Å². The van der Waals surface area contributed by atoms with Gasteiger partial charge in [0.1, 0.15) is 6.26 Å². The Morgan fingerprint density at radius 1 is 1.40 bits per heavy atom. The van der Waals surface area contributed by atoms with E-state index in [4.69, 9.17) is 4.52 Å². The minimum Gasteiger partial charge on any atom is -0.364 e. The summed E-state index contributed by atoms with van der Waals surface area (Å²) < 4.78 is 5.67. The molecule has 5 nitrogen and oxygen atoms in total. The van der Waals surface area contributed by atoms with Gasteiger partial charge >= 0.3 is 0 Å². The van der Waals surface area contributed by atoms with Crippen molar-refractivity contribution in [2.45, 2.75) is 13.5 Å². The van der Waals surface area contributed by atoms with Crippen molar-refractivity contribution in [2.75, 3.05) is 5.32 Å². The van der Waals surface area contributed by atoms with Crippen molar-refractivity contribution in [1.82, 2.24) is 15.1 Å². The lowest BCUT2D eigenvalue weighted by Crippen LogP contribution is -2.03. The Morgan fingerprint density at radius 3 is 2.73 bits per heavy atom. The number of nitrogens with one attached hydrogen (secondary N) is 1. The molecule has 1 N–H and O–H groups in total. The van der Waals surface area contributed by atoms with E-state index in [2.05, 4.69) is 36.4 Å². The third-order valence-corrected chi connectivity index (χ3v) is 2.32. The van der Waals surface area contributed by atoms with Crippen LogP contribution in [0.5, 0.6) is 0 Å². The summed E-state index contributed by atoms with van der Waals surface area (Å²) in [6.45, 7) is 2.50. The average Bonchev–Trinajstić information content (AvgIpc) is 2.63. The van der Waals surface area contributed by atoms with Gasteiger partial charge in [-0.15, -0.1) is 0 Å². The van der Waals surface area contributed by atoms with Crippen LogP contribution in [0.15, 0.2) is 27.7 Å². The van der Waals surface area contributed by atoms with E-state index in [9.17, 15) is 0 Å². The molecule has 0 unspecified atom stereocenters. The average molecular weight is 269 g/mol. The summed E-state index contributed by atoms with van der Waals surface area (Å²) in [6, 6.07) is 0. The van der Waals surface area contributed by atoms with Gasteiger partial charge in [0.05, 0.1) is 10.2 Å². The zero-order chi connectivity index (χ0) is 10.7. The summed E-state index contributed by atoms with van der Waals surface area (Å²) in [5.41, 5.74) is 1.88. The third kappa shape index (κ3) is 2.53. The van der Waals surface area contributed by atoms with Crippen LogP contribution in [0.3, 0.4) is 0 Å². The first-order chi connectivity index (χ1) is 7.25. The van der Waals surface area contributed by atoms with Crippen LogP contribution in [-0.2, 0) is 6.54 Å². The largest absolute Gasteiger partial charge is 0.364 e. The van der Waals surface area contributed by atoms with Crippen molar-refractivity contribution < 1.29 is 4.52 Å². The lowest BCUT2D eigenvalue weighted by molar-refractivity contribution is 0.414. The Bertz CT molecular complexity index is 440. The van der Waals surface area contributed by atoms with E-state index in [0.29, 0.717) is 12.5 Å². The fraction of sp³-hybridized carbons (Fsp3) is 0.222. The predicted octanol–water partition coefficient (Wildman–Crippen LogP) is 2.15. The van der Waals surface area contributed by atoms with Gasteiger partial charge < -0.3 is 9.84 Å². The van der Waals surface area contributed by atoms with Gasteiger partial charge in [-0.25, -0.2) is 9.97 Å². The molecule has 0 atom stereocenters. The maximum Gasteiger partial charge on any atom is 0.222 e. The molecule has 0 aromatic carbocycles. The number of aromatic nitrogens is 3. The van der Waals surface area contributed by atoms with Crippen LogP contribution in [0.4, 0.5) is 5.95 Å². The highest BCUT2D eigenvalue weighted by molar-refractivity contribution is 9.10. The van der Waals surface area contributed by atoms with E-state index in [1.807, 2.05) is 6.92 Å². The van der Waals surface area contributed by atoms with Gasteiger partial charge in [0, 0.05) is 24.5 Å². The van der Waals surface area contributed by atoms with Crippen LogP contribution in [0.2, 0.25) is 0 Å². The first-order valence-corrected chi connectivity index (χ1v) is 5.16. The zero-order valence-corrected chi connectivity index (χ0v) is 9.65. The first kappa shape index (κ1) is 10.1. The molecule has 0 aliphatic heterocycles. The second-order valence-corrected chi connectivity index (χ2v) is 3.92. The molecule has 0 fully saturated rings. The van der Waals surface area contributed by atoms with Gasteiger partial charge in [-0.1, -0.05) is 5.16 Å². The molecule has 0 spiro atoms. The minimum atomic E-state index is 0.582. The van der Waals surface area contributed by atoms with Crippen molar-refractivity contribution in [3.05, 3.63) is 34.4 Å². The second kappa shape index (κ2) is 4.39. The van der Waals surface area contributed by atoms with Gasteiger partial charge in [0.2, 0.25) is 5.95 Å². The number of hydrogen-bond acceptors (Lipinski definition) is 5. The Kier molecular flexibility index (Phi) is 2.96. The molecule has 0 saturated heterocycles. The molecule has 78 valence electrons. The number of nitrogens with zero attached hydrogens (tertiary/aromatic N) is 3. The minimum absolute atomic E-state index is 0.582. The molecule has 2 heterocycles. The number of hydrogen-bond donors (Lipinski definition) is 1. The van der Waals surface area contributed by atoms with Gasteiger partial charge in [-0.05, 0) is 22.9 Å². The van der Waals surface area contributed by atoms with Gasteiger partial charge in [0.25, 0.3) is 0 Å². The SMILES string of the molecule is Cc1nocc1CNc1ncc(Br)cn1. The molecule has 0 radical (unpaired) electrons. The number of rotatable bonds is 3. The molecule has 0 amide bonds.